The van der Waals surface area contributed by atoms with Crippen molar-refractivity contribution in [2.75, 3.05) is 0 Å². The minimum Gasteiger partial charge on any atom is -0.402 e. The first-order valence-corrected chi connectivity index (χ1v) is 4.65. The molecule has 0 amide bonds. The van der Waals surface area contributed by atoms with Crippen molar-refractivity contribution < 1.29 is 22.5 Å². The summed E-state index contributed by atoms with van der Waals surface area (Å²) in [7, 11) is -1.44. The first-order chi connectivity index (χ1) is 6.47. The summed E-state index contributed by atoms with van der Waals surface area (Å²) in [6.45, 7) is 6.71. The molecule has 3 nitrogen and oxygen atoms in total. The van der Waals surface area contributed by atoms with Crippen LogP contribution in [0.3, 0.4) is 0 Å². The zero-order chi connectivity index (χ0) is 12.1. The van der Waals surface area contributed by atoms with E-state index < -0.39 is 30.4 Å². The zero-order valence-electron chi connectivity index (χ0n) is 9.18. The number of alkyl halides is 3. The minimum atomic E-state index is -4.51. The number of hydrogen-bond donors (Lipinski definition) is 1. The van der Waals surface area contributed by atoms with Crippen molar-refractivity contribution in [3.63, 3.8) is 0 Å². The smallest absolute Gasteiger partial charge is 0.402 e. The fourth-order valence-corrected chi connectivity index (χ4v) is 1.19. The van der Waals surface area contributed by atoms with Crippen LogP contribution in [0.25, 0.3) is 0 Å². The lowest BCUT2D eigenvalue weighted by molar-refractivity contribution is -0.135. The van der Waals surface area contributed by atoms with Crippen LogP contribution in [-0.2, 0) is 9.31 Å². The molecule has 0 aromatic carbocycles. The summed E-state index contributed by atoms with van der Waals surface area (Å²) >= 11 is 0. The molecule has 1 fully saturated rings. The average molecular weight is 225 g/mol. The van der Waals surface area contributed by atoms with E-state index in [4.69, 9.17) is 15.0 Å². The lowest BCUT2D eigenvalue weighted by atomic mass is 9.78. The van der Waals surface area contributed by atoms with E-state index in [0.29, 0.717) is 0 Å². The van der Waals surface area contributed by atoms with Crippen LogP contribution in [-0.4, -0.2) is 30.4 Å². The molecule has 1 heterocycles. The molecular weight excluding hydrogens is 210 g/mol. The summed E-state index contributed by atoms with van der Waals surface area (Å²) in [6, 6.07) is 0. The molecule has 1 aliphatic heterocycles. The molecule has 1 atom stereocenters. The number of rotatable bonds is 1. The topological polar surface area (TPSA) is 44.5 Å². The molecule has 0 unspecified atom stereocenters. The fraction of sp³-hybridized carbons (Fsp3) is 1.00. The maximum absolute atomic E-state index is 12.3. The highest BCUT2D eigenvalue weighted by molar-refractivity contribution is 6.47. The Morgan fingerprint density at radius 2 is 1.40 bits per heavy atom. The Kier molecular flexibility index (Phi) is 2.87. The normalized spacial score (nSPS) is 26.8. The van der Waals surface area contributed by atoms with Crippen LogP contribution in [0.15, 0.2) is 0 Å². The van der Waals surface area contributed by atoms with Crippen molar-refractivity contribution in [3.8, 4) is 0 Å². The van der Waals surface area contributed by atoms with Crippen LogP contribution in [0.4, 0.5) is 13.2 Å². The maximum Gasteiger partial charge on any atom is 0.485 e. The van der Waals surface area contributed by atoms with E-state index in [-0.39, 0.29) is 0 Å². The molecule has 7 heteroatoms. The van der Waals surface area contributed by atoms with E-state index in [1.165, 1.54) is 0 Å². The van der Waals surface area contributed by atoms with Crippen molar-refractivity contribution >= 4 is 7.12 Å². The van der Waals surface area contributed by atoms with Gasteiger partial charge in [0.15, 0.2) is 0 Å². The van der Waals surface area contributed by atoms with Gasteiger partial charge in [-0.25, -0.2) is 0 Å². The van der Waals surface area contributed by atoms with Crippen LogP contribution in [0.5, 0.6) is 0 Å². The van der Waals surface area contributed by atoms with E-state index in [0.717, 1.165) is 0 Å². The second-order valence-corrected chi connectivity index (χ2v) is 4.69. The first-order valence-electron chi connectivity index (χ1n) is 4.65. The first kappa shape index (κ1) is 12.8. The van der Waals surface area contributed by atoms with E-state index in [9.17, 15) is 13.2 Å². The van der Waals surface area contributed by atoms with Crippen LogP contribution in [0.1, 0.15) is 27.7 Å². The Hall–Kier alpha value is -0.265. The van der Waals surface area contributed by atoms with Gasteiger partial charge in [0.05, 0.1) is 11.2 Å². The third-order valence-corrected chi connectivity index (χ3v) is 2.94. The SMILES string of the molecule is CC1(C)OB([C@H](N)C(F)(F)F)OC1(C)C. The largest absolute Gasteiger partial charge is 0.485 e. The molecule has 0 saturated carbocycles. The molecule has 15 heavy (non-hydrogen) atoms. The average Bonchev–Trinajstić information content (AvgIpc) is 2.18. The van der Waals surface area contributed by atoms with Crippen LogP contribution in [0, 0.1) is 0 Å². The maximum atomic E-state index is 12.3. The quantitative estimate of drug-likeness (QED) is 0.688. The second-order valence-electron chi connectivity index (χ2n) is 4.69. The number of nitrogens with two attached hydrogens (primary N) is 1. The molecule has 0 aromatic heterocycles. The van der Waals surface area contributed by atoms with E-state index in [1.807, 2.05) is 0 Å². The summed E-state index contributed by atoms with van der Waals surface area (Å²) in [5, 5.41) is 0. The summed E-state index contributed by atoms with van der Waals surface area (Å²) < 4.78 is 47.3. The number of hydrogen-bond acceptors (Lipinski definition) is 3. The highest BCUT2D eigenvalue weighted by atomic mass is 19.4. The van der Waals surface area contributed by atoms with Gasteiger partial charge in [0, 0.05) is 0 Å². The number of halogens is 3. The van der Waals surface area contributed by atoms with Gasteiger partial charge in [0.25, 0.3) is 0 Å². The highest BCUT2D eigenvalue weighted by Gasteiger charge is 2.58. The molecule has 0 radical (unpaired) electrons. The van der Waals surface area contributed by atoms with Gasteiger partial charge >= 0.3 is 13.3 Å². The molecule has 2 N–H and O–H groups in total. The Morgan fingerprint density at radius 3 is 1.67 bits per heavy atom. The van der Waals surface area contributed by atoms with Crippen LogP contribution in [0.2, 0.25) is 0 Å². The van der Waals surface area contributed by atoms with Crippen molar-refractivity contribution in [2.45, 2.75) is 51.0 Å². The van der Waals surface area contributed by atoms with Gasteiger partial charge in [-0.3, -0.25) is 0 Å². The summed E-state index contributed by atoms with van der Waals surface area (Å²) in [5.41, 5.74) is 3.44. The summed E-state index contributed by atoms with van der Waals surface area (Å²) in [4.78, 5) is 0. The second kappa shape index (κ2) is 3.36. The molecule has 1 aliphatic rings. The molecule has 0 aliphatic carbocycles. The Morgan fingerprint density at radius 1 is 1.07 bits per heavy atom. The van der Waals surface area contributed by atoms with E-state index >= 15 is 0 Å². The van der Waals surface area contributed by atoms with Gasteiger partial charge < -0.3 is 15.0 Å². The Labute approximate surface area is 87.2 Å². The van der Waals surface area contributed by atoms with Crippen molar-refractivity contribution in [2.24, 2.45) is 5.73 Å². The van der Waals surface area contributed by atoms with Gasteiger partial charge in [-0.1, -0.05) is 0 Å². The van der Waals surface area contributed by atoms with Crippen molar-refractivity contribution in [1.82, 2.24) is 0 Å². The third-order valence-electron chi connectivity index (χ3n) is 2.94. The molecular formula is C8H15BF3NO2. The molecule has 1 rings (SSSR count). The van der Waals surface area contributed by atoms with Crippen LogP contribution >= 0.6 is 0 Å². The van der Waals surface area contributed by atoms with Gasteiger partial charge in [-0.2, -0.15) is 13.2 Å². The lowest BCUT2D eigenvalue weighted by Gasteiger charge is -2.32. The third kappa shape index (κ3) is 2.29. The predicted octanol–water partition coefficient (Wildman–Crippen LogP) is 1.51. The lowest BCUT2D eigenvalue weighted by Crippen LogP contribution is -2.51. The summed E-state index contributed by atoms with van der Waals surface area (Å²) in [5.74, 6) is -2.11. The predicted molar refractivity (Wildman–Crippen MR) is 50.1 cm³/mol. The molecule has 0 spiro atoms. The van der Waals surface area contributed by atoms with E-state index in [1.54, 1.807) is 27.7 Å². The fourth-order valence-electron chi connectivity index (χ4n) is 1.19. The molecule has 0 bridgehead atoms. The Bertz CT molecular complexity index is 239. The van der Waals surface area contributed by atoms with E-state index in [2.05, 4.69) is 0 Å². The summed E-state index contributed by atoms with van der Waals surface area (Å²) in [6.07, 6.45) is -4.51. The molecule has 1 saturated heterocycles. The van der Waals surface area contributed by atoms with Gasteiger partial charge in [0.2, 0.25) is 0 Å². The van der Waals surface area contributed by atoms with Crippen molar-refractivity contribution in [1.29, 1.82) is 0 Å². The molecule has 0 aromatic rings. The zero-order valence-corrected chi connectivity index (χ0v) is 9.18. The van der Waals surface area contributed by atoms with Crippen LogP contribution < -0.4 is 5.73 Å². The highest BCUT2D eigenvalue weighted by Crippen LogP contribution is 2.39. The van der Waals surface area contributed by atoms with Crippen molar-refractivity contribution in [3.05, 3.63) is 0 Å². The Balaban J connectivity index is 2.80. The molecule has 88 valence electrons. The van der Waals surface area contributed by atoms with Gasteiger partial charge in [-0.05, 0) is 27.7 Å². The van der Waals surface area contributed by atoms with Gasteiger partial charge in [0.1, 0.15) is 5.94 Å². The standard InChI is InChI=1S/C8H15BF3NO2/c1-6(2)7(3,4)15-9(14-6)5(13)8(10,11)12/h5H,13H2,1-4H3/t5-/m1/s1. The van der Waals surface area contributed by atoms with Gasteiger partial charge in [-0.15, -0.1) is 0 Å². The minimum absolute atomic E-state index is 0.791. The monoisotopic (exact) mass is 225 g/mol.